The van der Waals surface area contributed by atoms with Crippen molar-refractivity contribution in [3.05, 3.63) is 29.3 Å². The average molecular weight is 297 g/mol. The van der Waals surface area contributed by atoms with Crippen molar-refractivity contribution in [2.75, 3.05) is 31.6 Å². The van der Waals surface area contributed by atoms with Gasteiger partial charge in [-0.25, -0.2) is 0 Å². The van der Waals surface area contributed by atoms with Crippen LogP contribution in [0.3, 0.4) is 0 Å². The van der Waals surface area contributed by atoms with Crippen LogP contribution in [0.15, 0.2) is 18.2 Å². The van der Waals surface area contributed by atoms with E-state index < -0.39 is 0 Å². The summed E-state index contributed by atoms with van der Waals surface area (Å²) in [7, 11) is 0. The molecule has 1 fully saturated rings. The first kappa shape index (κ1) is 15.1. The molecule has 2 aliphatic rings. The summed E-state index contributed by atoms with van der Waals surface area (Å²) in [4.78, 5) is 12.3. The number of anilines is 1. The molecule has 2 N–H and O–H groups in total. The SMILES string of the molecule is Cl.O=C(NCC1CCOC1)c1cccc2c1CCCN2. The molecular weight excluding hydrogens is 276 g/mol. The lowest BCUT2D eigenvalue weighted by atomic mass is 9.97. The van der Waals surface area contributed by atoms with Gasteiger partial charge in [-0.1, -0.05) is 6.07 Å². The van der Waals surface area contributed by atoms with Gasteiger partial charge >= 0.3 is 0 Å². The van der Waals surface area contributed by atoms with Gasteiger partial charge in [0.1, 0.15) is 0 Å². The number of hydrogen-bond acceptors (Lipinski definition) is 3. The molecule has 1 unspecified atom stereocenters. The highest BCUT2D eigenvalue weighted by atomic mass is 35.5. The van der Waals surface area contributed by atoms with Crippen molar-refractivity contribution in [2.24, 2.45) is 5.92 Å². The summed E-state index contributed by atoms with van der Waals surface area (Å²) < 4.78 is 5.32. The summed E-state index contributed by atoms with van der Waals surface area (Å²) in [5, 5.41) is 6.40. The summed E-state index contributed by atoms with van der Waals surface area (Å²) in [6.45, 7) is 3.31. The molecule has 1 aromatic rings. The minimum Gasteiger partial charge on any atom is -0.385 e. The Morgan fingerprint density at radius 3 is 3.15 bits per heavy atom. The number of hydrogen-bond donors (Lipinski definition) is 2. The molecule has 1 saturated heterocycles. The zero-order chi connectivity index (χ0) is 13.1. The normalized spacial score (nSPS) is 20.5. The first-order valence-corrected chi connectivity index (χ1v) is 7.06. The number of rotatable bonds is 3. The summed E-state index contributed by atoms with van der Waals surface area (Å²) in [6.07, 6.45) is 3.13. The number of benzene rings is 1. The van der Waals surface area contributed by atoms with E-state index in [1.807, 2.05) is 12.1 Å². The lowest BCUT2D eigenvalue weighted by Gasteiger charge is -2.20. The van der Waals surface area contributed by atoms with Crippen LogP contribution in [0, 0.1) is 5.92 Å². The van der Waals surface area contributed by atoms with Gasteiger partial charge in [0.25, 0.3) is 5.91 Å². The molecule has 5 heteroatoms. The van der Waals surface area contributed by atoms with E-state index in [0.717, 1.165) is 62.4 Å². The van der Waals surface area contributed by atoms with Crippen LogP contribution in [0.2, 0.25) is 0 Å². The molecule has 1 aromatic carbocycles. The van der Waals surface area contributed by atoms with E-state index in [-0.39, 0.29) is 18.3 Å². The number of nitrogens with one attached hydrogen (secondary N) is 2. The minimum absolute atomic E-state index is 0. The van der Waals surface area contributed by atoms with Crippen LogP contribution >= 0.6 is 12.4 Å². The number of ether oxygens (including phenoxy) is 1. The Labute approximate surface area is 125 Å². The van der Waals surface area contributed by atoms with Gasteiger partial charge in [0.05, 0.1) is 6.61 Å². The average Bonchev–Trinajstić information content (AvgIpc) is 2.97. The molecular formula is C15H21ClN2O2. The molecule has 2 aliphatic heterocycles. The molecule has 0 aromatic heterocycles. The fraction of sp³-hybridized carbons (Fsp3) is 0.533. The standard InChI is InChI=1S/C15H20N2O2.ClH/c18-15(17-9-11-6-8-19-10-11)13-3-1-5-14-12(13)4-2-7-16-14;/h1,3,5,11,16H,2,4,6-10H2,(H,17,18);1H. The quantitative estimate of drug-likeness (QED) is 0.899. The van der Waals surface area contributed by atoms with Crippen LogP contribution in [-0.2, 0) is 11.2 Å². The highest BCUT2D eigenvalue weighted by molar-refractivity contribution is 5.97. The van der Waals surface area contributed by atoms with E-state index in [9.17, 15) is 4.79 Å². The molecule has 3 rings (SSSR count). The van der Waals surface area contributed by atoms with Crippen molar-refractivity contribution >= 4 is 24.0 Å². The van der Waals surface area contributed by atoms with Gasteiger partial charge in [-0.2, -0.15) is 0 Å². The van der Waals surface area contributed by atoms with Gasteiger partial charge in [0.15, 0.2) is 0 Å². The molecule has 1 amide bonds. The first-order chi connectivity index (χ1) is 9.34. The molecule has 0 spiro atoms. The summed E-state index contributed by atoms with van der Waals surface area (Å²) >= 11 is 0. The lowest BCUT2D eigenvalue weighted by Crippen LogP contribution is -2.30. The number of carbonyl (C=O) groups excluding carboxylic acids is 1. The molecule has 20 heavy (non-hydrogen) atoms. The molecule has 1 atom stereocenters. The summed E-state index contributed by atoms with van der Waals surface area (Å²) in [5.74, 6) is 0.522. The predicted octanol–water partition coefficient (Wildman–Crippen LogP) is 2.23. The topological polar surface area (TPSA) is 50.4 Å². The van der Waals surface area contributed by atoms with Crippen molar-refractivity contribution in [1.29, 1.82) is 0 Å². The zero-order valence-corrected chi connectivity index (χ0v) is 12.3. The van der Waals surface area contributed by atoms with Crippen molar-refractivity contribution in [1.82, 2.24) is 5.32 Å². The van der Waals surface area contributed by atoms with Crippen molar-refractivity contribution in [3.63, 3.8) is 0 Å². The van der Waals surface area contributed by atoms with Gasteiger partial charge in [-0.15, -0.1) is 12.4 Å². The molecule has 0 saturated carbocycles. The molecule has 0 radical (unpaired) electrons. The van der Waals surface area contributed by atoms with Crippen molar-refractivity contribution in [2.45, 2.75) is 19.3 Å². The highest BCUT2D eigenvalue weighted by Crippen LogP contribution is 2.25. The largest absolute Gasteiger partial charge is 0.385 e. The van der Waals surface area contributed by atoms with Crippen LogP contribution in [-0.4, -0.2) is 32.2 Å². The van der Waals surface area contributed by atoms with E-state index in [2.05, 4.69) is 16.7 Å². The summed E-state index contributed by atoms with van der Waals surface area (Å²) in [6, 6.07) is 5.92. The Morgan fingerprint density at radius 2 is 2.35 bits per heavy atom. The maximum Gasteiger partial charge on any atom is 0.251 e. The lowest BCUT2D eigenvalue weighted by molar-refractivity contribution is 0.0944. The summed E-state index contributed by atoms with van der Waals surface area (Å²) in [5.41, 5.74) is 3.10. The number of fused-ring (bicyclic) bond motifs is 1. The highest BCUT2D eigenvalue weighted by Gasteiger charge is 2.20. The second-order valence-electron chi connectivity index (χ2n) is 5.30. The van der Waals surface area contributed by atoms with Crippen LogP contribution < -0.4 is 10.6 Å². The number of amides is 1. The van der Waals surface area contributed by atoms with Gasteiger partial charge < -0.3 is 15.4 Å². The van der Waals surface area contributed by atoms with Crippen molar-refractivity contribution < 1.29 is 9.53 Å². The number of carbonyl (C=O) groups is 1. The Balaban J connectivity index is 0.00000147. The van der Waals surface area contributed by atoms with Crippen LogP contribution in [0.4, 0.5) is 5.69 Å². The molecule has 2 heterocycles. The van der Waals surface area contributed by atoms with Crippen molar-refractivity contribution in [3.8, 4) is 0 Å². The maximum absolute atomic E-state index is 12.3. The van der Waals surface area contributed by atoms with Crippen LogP contribution in [0.1, 0.15) is 28.8 Å². The number of halogens is 1. The van der Waals surface area contributed by atoms with Gasteiger partial charge in [-0.05, 0) is 37.0 Å². The maximum atomic E-state index is 12.3. The van der Waals surface area contributed by atoms with E-state index in [1.165, 1.54) is 0 Å². The fourth-order valence-electron chi connectivity index (χ4n) is 2.80. The molecule has 0 aliphatic carbocycles. The molecule has 0 bridgehead atoms. The zero-order valence-electron chi connectivity index (χ0n) is 11.5. The third-order valence-corrected chi connectivity index (χ3v) is 3.91. The smallest absolute Gasteiger partial charge is 0.251 e. The van der Waals surface area contributed by atoms with Gasteiger partial charge in [-0.3, -0.25) is 4.79 Å². The Bertz CT molecular complexity index is 473. The van der Waals surface area contributed by atoms with E-state index in [4.69, 9.17) is 4.74 Å². The molecule has 110 valence electrons. The second kappa shape index (κ2) is 6.95. The molecule has 4 nitrogen and oxygen atoms in total. The van der Waals surface area contributed by atoms with Gasteiger partial charge in [0, 0.05) is 36.9 Å². The van der Waals surface area contributed by atoms with Crippen LogP contribution in [0.5, 0.6) is 0 Å². The first-order valence-electron chi connectivity index (χ1n) is 7.06. The predicted molar refractivity (Wildman–Crippen MR) is 81.8 cm³/mol. The van der Waals surface area contributed by atoms with E-state index >= 15 is 0 Å². The Hall–Kier alpha value is -1.26. The third kappa shape index (κ3) is 3.25. The fourth-order valence-corrected chi connectivity index (χ4v) is 2.80. The minimum atomic E-state index is 0. The van der Waals surface area contributed by atoms with E-state index in [0.29, 0.717) is 5.92 Å². The second-order valence-corrected chi connectivity index (χ2v) is 5.30. The monoisotopic (exact) mass is 296 g/mol. The Kier molecular flexibility index (Phi) is 5.26. The third-order valence-electron chi connectivity index (χ3n) is 3.91. The Morgan fingerprint density at radius 1 is 1.45 bits per heavy atom. The van der Waals surface area contributed by atoms with E-state index in [1.54, 1.807) is 0 Å². The van der Waals surface area contributed by atoms with Crippen LogP contribution in [0.25, 0.3) is 0 Å². The van der Waals surface area contributed by atoms with Gasteiger partial charge in [0.2, 0.25) is 0 Å².